The number of aromatic nitrogens is 2. The molecule has 17 heavy (non-hydrogen) atoms. The van der Waals surface area contributed by atoms with Gasteiger partial charge in [-0.05, 0) is 24.0 Å². The second-order valence-electron chi connectivity index (χ2n) is 4.39. The van der Waals surface area contributed by atoms with Crippen LogP contribution in [0.1, 0.15) is 23.9 Å². The summed E-state index contributed by atoms with van der Waals surface area (Å²) >= 11 is 1.47. The molecule has 0 aliphatic heterocycles. The molecule has 0 saturated carbocycles. The van der Waals surface area contributed by atoms with Crippen molar-refractivity contribution in [2.45, 2.75) is 32.2 Å². The molecule has 1 aromatic carbocycles. The quantitative estimate of drug-likeness (QED) is 0.903. The summed E-state index contributed by atoms with van der Waals surface area (Å²) in [5, 5.41) is 4.45. The maximum atomic E-state index is 4.45. The molecule has 88 valence electrons. The zero-order chi connectivity index (χ0) is 11.7. The summed E-state index contributed by atoms with van der Waals surface area (Å²) < 4.78 is 4.29. The molecule has 1 N–H and O–H groups in total. The van der Waals surface area contributed by atoms with Crippen LogP contribution in [-0.4, -0.2) is 15.4 Å². The molecular formula is C13H15N3S. The van der Waals surface area contributed by atoms with E-state index in [1.54, 1.807) is 0 Å². The SMILES string of the molecule is CCc1nsc(NC2Cc3ccccc3C2)n1. The van der Waals surface area contributed by atoms with Crippen molar-refractivity contribution in [3.63, 3.8) is 0 Å². The van der Waals surface area contributed by atoms with E-state index in [1.807, 2.05) is 0 Å². The number of rotatable bonds is 3. The molecule has 0 radical (unpaired) electrons. The number of hydrogen-bond donors (Lipinski definition) is 1. The summed E-state index contributed by atoms with van der Waals surface area (Å²) in [6.07, 6.45) is 3.09. The van der Waals surface area contributed by atoms with Gasteiger partial charge in [-0.1, -0.05) is 31.2 Å². The van der Waals surface area contributed by atoms with E-state index in [1.165, 1.54) is 22.7 Å². The van der Waals surface area contributed by atoms with Crippen molar-refractivity contribution in [1.82, 2.24) is 9.36 Å². The Balaban J connectivity index is 1.69. The minimum Gasteiger partial charge on any atom is -0.357 e. The van der Waals surface area contributed by atoms with Crippen LogP contribution in [0.4, 0.5) is 5.13 Å². The van der Waals surface area contributed by atoms with Gasteiger partial charge in [-0.3, -0.25) is 0 Å². The van der Waals surface area contributed by atoms with Gasteiger partial charge >= 0.3 is 0 Å². The van der Waals surface area contributed by atoms with E-state index in [4.69, 9.17) is 0 Å². The van der Waals surface area contributed by atoms with Crippen molar-refractivity contribution in [3.8, 4) is 0 Å². The number of fused-ring (bicyclic) bond motifs is 1. The lowest BCUT2D eigenvalue weighted by molar-refractivity contribution is 0.771. The van der Waals surface area contributed by atoms with Crippen LogP contribution in [-0.2, 0) is 19.3 Å². The normalized spacial score (nSPS) is 14.9. The Bertz CT molecular complexity index is 496. The van der Waals surface area contributed by atoms with E-state index in [-0.39, 0.29) is 0 Å². The molecule has 1 heterocycles. The van der Waals surface area contributed by atoms with Crippen molar-refractivity contribution in [3.05, 3.63) is 41.2 Å². The number of nitrogens with one attached hydrogen (secondary N) is 1. The van der Waals surface area contributed by atoms with Gasteiger partial charge in [-0.2, -0.15) is 4.37 Å². The van der Waals surface area contributed by atoms with Crippen LogP contribution in [0.2, 0.25) is 0 Å². The van der Waals surface area contributed by atoms with Crippen LogP contribution in [0.5, 0.6) is 0 Å². The van der Waals surface area contributed by atoms with Crippen LogP contribution >= 0.6 is 11.5 Å². The van der Waals surface area contributed by atoms with Crippen LogP contribution in [0.15, 0.2) is 24.3 Å². The third kappa shape index (κ3) is 2.17. The number of anilines is 1. The molecule has 1 aliphatic carbocycles. The van der Waals surface area contributed by atoms with Crippen molar-refractivity contribution < 1.29 is 0 Å². The Hall–Kier alpha value is -1.42. The topological polar surface area (TPSA) is 37.8 Å². The highest BCUT2D eigenvalue weighted by atomic mass is 32.1. The molecule has 0 bridgehead atoms. The minimum atomic E-state index is 0.477. The Morgan fingerprint density at radius 3 is 2.59 bits per heavy atom. The monoisotopic (exact) mass is 245 g/mol. The Kier molecular flexibility index (Phi) is 2.81. The first-order valence-electron chi connectivity index (χ1n) is 6.01. The summed E-state index contributed by atoms with van der Waals surface area (Å²) in [5.41, 5.74) is 2.93. The maximum Gasteiger partial charge on any atom is 0.202 e. The highest BCUT2D eigenvalue weighted by molar-refractivity contribution is 7.09. The van der Waals surface area contributed by atoms with E-state index in [2.05, 4.69) is 45.9 Å². The molecule has 0 saturated heterocycles. The summed E-state index contributed by atoms with van der Waals surface area (Å²) in [4.78, 5) is 4.45. The molecule has 0 fully saturated rings. The number of nitrogens with zero attached hydrogens (tertiary/aromatic N) is 2. The Labute approximate surface area is 105 Å². The fourth-order valence-corrected chi connectivity index (χ4v) is 3.02. The molecule has 0 atom stereocenters. The first-order valence-corrected chi connectivity index (χ1v) is 6.78. The van der Waals surface area contributed by atoms with Gasteiger partial charge in [0.1, 0.15) is 5.82 Å². The molecular weight excluding hydrogens is 230 g/mol. The predicted molar refractivity (Wildman–Crippen MR) is 70.5 cm³/mol. The van der Waals surface area contributed by atoms with Crippen molar-refractivity contribution in [2.24, 2.45) is 0 Å². The largest absolute Gasteiger partial charge is 0.357 e. The molecule has 3 nitrogen and oxygen atoms in total. The smallest absolute Gasteiger partial charge is 0.202 e. The molecule has 0 spiro atoms. The second kappa shape index (κ2) is 4.45. The third-order valence-electron chi connectivity index (χ3n) is 3.16. The highest BCUT2D eigenvalue weighted by Gasteiger charge is 2.21. The standard InChI is InChI=1S/C13H15N3S/c1-2-12-15-13(17-16-12)14-11-7-9-5-3-4-6-10(9)8-11/h3-6,11H,2,7-8H2,1H3,(H,14,15,16). The summed E-state index contributed by atoms with van der Waals surface area (Å²) in [6.45, 7) is 2.08. The second-order valence-corrected chi connectivity index (χ2v) is 5.14. The van der Waals surface area contributed by atoms with E-state index in [0.29, 0.717) is 6.04 Å². The van der Waals surface area contributed by atoms with Crippen molar-refractivity contribution in [2.75, 3.05) is 5.32 Å². The number of benzene rings is 1. The van der Waals surface area contributed by atoms with Crippen LogP contribution in [0.3, 0.4) is 0 Å². The van der Waals surface area contributed by atoms with Gasteiger partial charge in [0.2, 0.25) is 5.13 Å². The lowest BCUT2D eigenvalue weighted by Gasteiger charge is -2.09. The van der Waals surface area contributed by atoms with Crippen LogP contribution in [0.25, 0.3) is 0 Å². The molecule has 2 aromatic rings. The van der Waals surface area contributed by atoms with E-state index >= 15 is 0 Å². The zero-order valence-corrected chi connectivity index (χ0v) is 10.6. The van der Waals surface area contributed by atoms with Gasteiger partial charge in [0.05, 0.1) is 0 Å². The minimum absolute atomic E-state index is 0.477. The fraction of sp³-hybridized carbons (Fsp3) is 0.385. The van der Waals surface area contributed by atoms with Gasteiger partial charge in [0.15, 0.2) is 0 Å². The zero-order valence-electron chi connectivity index (χ0n) is 9.81. The molecule has 4 heteroatoms. The van der Waals surface area contributed by atoms with Gasteiger partial charge in [-0.15, -0.1) is 0 Å². The molecule has 0 amide bonds. The fourth-order valence-electron chi connectivity index (χ4n) is 2.29. The maximum absolute atomic E-state index is 4.45. The average molecular weight is 245 g/mol. The average Bonchev–Trinajstić information content (AvgIpc) is 2.94. The Morgan fingerprint density at radius 2 is 2.00 bits per heavy atom. The first-order chi connectivity index (χ1) is 8.35. The Morgan fingerprint density at radius 1 is 1.29 bits per heavy atom. The van der Waals surface area contributed by atoms with Gasteiger partial charge < -0.3 is 5.32 Å². The number of aryl methyl sites for hydroxylation is 1. The van der Waals surface area contributed by atoms with E-state index < -0.39 is 0 Å². The summed E-state index contributed by atoms with van der Waals surface area (Å²) in [5.74, 6) is 0.938. The van der Waals surface area contributed by atoms with Crippen LogP contribution < -0.4 is 5.32 Å². The molecule has 1 aromatic heterocycles. The first kappa shape index (κ1) is 10.7. The third-order valence-corrected chi connectivity index (χ3v) is 3.85. The van der Waals surface area contributed by atoms with Gasteiger partial charge in [-0.25, -0.2) is 4.98 Å². The molecule has 1 aliphatic rings. The van der Waals surface area contributed by atoms with Gasteiger partial charge in [0, 0.05) is 24.0 Å². The van der Waals surface area contributed by atoms with Gasteiger partial charge in [0.25, 0.3) is 0 Å². The molecule has 3 rings (SSSR count). The van der Waals surface area contributed by atoms with Crippen molar-refractivity contribution in [1.29, 1.82) is 0 Å². The lowest BCUT2D eigenvalue weighted by atomic mass is 10.1. The van der Waals surface area contributed by atoms with E-state index in [9.17, 15) is 0 Å². The molecule has 0 unspecified atom stereocenters. The number of hydrogen-bond acceptors (Lipinski definition) is 4. The van der Waals surface area contributed by atoms with Crippen molar-refractivity contribution >= 4 is 16.7 Å². The lowest BCUT2D eigenvalue weighted by Crippen LogP contribution is -2.19. The highest BCUT2D eigenvalue weighted by Crippen LogP contribution is 2.24. The van der Waals surface area contributed by atoms with E-state index in [0.717, 1.165) is 30.2 Å². The summed E-state index contributed by atoms with van der Waals surface area (Å²) in [7, 11) is 0. The summed E-state index contributed by atoms with van der Waals surface area (Å²) in [6, 6.07) is 9.14. The predicted octanol–water partition coefficient (Wildman–Crippen LogP) is 2.68. The van der Waals surface area contributed by atoms with Crippen LogP contribution in [0, 0.1) is 0 Å².